The first kappa shape index (κ1) is 26.2. The van der Waals surface area contributed by atoms with Gasteiger partial charge in [-0.1, -0.05) is 12.1 Å². The van der Waals surface area contributed by atoms with Crippen LogP contribution in [0.4, 0.5) is 0 Å². The minimum absolute atomic E-state index is 0.0000635. The lowest BCUT2D eigenvalue weighted by atomic mass is 9.72. The van der Waals surface area contributed by atoms with Crippen LogP contribution < -0.4 is 5.73 Å². The molecule has 1 aliphatic heterocycles. The third kappa shape index (κ3) is 3.80. The van der Waals surface area contributed by atoms with Crippen molar-refractivity contribution < 1.29 is 54.5 Å². The summed E-state index contributed by atoms with van der Waals surface area (Å²) in [6, 6.07) is 3.09. The maximum Gasteiger partial charge on any atom is 0.202 e. The van der Waals surface area contributed by atoms with Crippen molar-refractivity contribution in [2.24, 2.45) is 5.73 Å². The molecule has 5 rings (SSSR count). The highest BCUT2D eigenvalue weighted by atomic mass is 16.7. The summed E-state index contributed by atoms with van der Waals surface area (Å²) in [5.74, 6) is -4.72. The van der Waals surface area contributed by atoms with Crippen LogP contribution in [-0.4, -0.2) is 84.7 Å². The van der Waals surface area contributed by atoms with Crippen LogP contribution in [0.5, 0.6) is 17.2 Å². The van der Waals surface area contributed by atoms with Crippen molar-refractivity contribution in [3.63, 3.8) is 0 Å². The standard InChI is InChI=1S/C26H27NO11/c1-9-21(31)12(27)5-16(37-9)38-14-7-26(36,15(30)8-28)6-11-18(14)25(35)20-19(23(11)33)22(32)10-3-2-4-13(29)17(10)24(20)34/h2-4,9,12,14,16,21,28-29,31,33,35-36H,5-8,27H2,1H3/t9?,12?,14-,16?,21?,26-/m1/s1. The zero-order chi connectivity index (χ0) is 27.7. The van der Waals surface area contributed by atoms with E-state index in [0.717, 1.165) is 0 Å². The molecular formula is C26H27NO11. The fourth-order valence-corrected chi connectivity index (χ4v) is 5.59. The third-order valence-electron chi connectivity index (χ3n) is 7.60. The molecule has 0 amide bonds. The Bertz CT molecular complexity index is 1360. The number of Topliss-reactive ketones (excluding diaryl/α,β-unsaturated/α-hetero) is 1. The Morgan fingerprint density at radius 2 is 1.82 bits per heavy atom. The average molecular weight is 529 g/mol. The number of aliphatic hydroxyl groups is 3. The number of hydrogen-bond acceptors (Lipinski definition) is 12. The van der Waals surface area contributed by atoms with E-state index in [1.165, 1.54) is 18.2 Å². The van der Waals surface area contributed by atoms with Gasteiger partial charge in [0.2, 0.25) is 5.78 Å². The third-order valence-corrected chi connectivity index (χ3v) is 7.60. The van der Waals surface area contributed by atoms with Crippen LogP contribution in [0.3, 0.4) is 0 Å². The minimum Gasteiger partial charge on any atom is -0.507 e. The highest BCUT2D eigenvalue weighted by Crippen LogP contribution is 2.52. The van der Waals surface area contributed by atoms with Gasteiger partial charge in [-0.3, -0.25) is 14.4 Å². The van der Waals surface area contributed by atoms with Crippen LogP contribution in [0.1, 0.15) is 68.8 Å². The van der Waals surface area contributed by atoms with Gasteiger partial charge in [-0.25, -0.2) is 0 Å². The van der Waals surface area contributed by atoms with Crippen LogP contribution in [0.25, 0.3) is 0 Å². The van der Waals surface area contributed by atoms with Crippen LogP contribution in [0, 0.1) is 0 Å². The number of carbonyl (C=O) groups is 3. The normalized spacial score (nSPS) is 30.4. The molecule has 1 fully saturated rings. The van der Waals surface area contributed by atoms with Crippen molar-refractivity contribution in [2.75, 3.05) is 6.61 Å². The molecule has 1 heterocycles. The zero-order valence-electron chi connectivity index (χ0n) is 20.2. The van der Waals surface area contributed by atoms with Crippen LogP contribution >= 0.6 is 0 Å². The summed E-state index contributed by atoms with van der Waals surface area (Å²) in [6.07, 6.45) is -5.27. The molecule has 12 nitrogen and oxygen atoms in total. The van der Waals surface area contributed by atoms with Crippen LogP contribution in [0.2, 0.25) is 0 Å². The van der Waals surface area contributed by atoms with E-state index in [0.29, 0.717) is 0 Å². The highest BCUT2D eigenvalue weighted by molar-refractivity contribution is 6.31. The number of benzene rings is 2. The summed E-state index contributed by atoms with van der Waals surface area (Å²) >= 11 is 0. The van der Waals surface area contributed by atoms with E-state index in [2.05, 4.69) is 0 Å². The number of fused-ring (bicyclic) bond motifs is 3. The van der Waals surface area contributed by atoms with Gasteiger partial charge in [0.1, 0.15) is 29.5 Å². The molecule has 202 valence electrons. The highest BCUT2D eigenvalue weighted by Gasteiger charge is 2.50. The van der Waals surface area contributed by atoms with E-state index in [9.17, 15) is 45.0 Å². The Kier molecular flexibility index (Phi) is 6.29. The fourth-order valence-electron chi connectivity index (χ4n) is 5.59. The van der Waals surface area contributed by atoms with Crippen molar-refractivity contribution in [3.05, 3.63) is 51.6 Å². The molecule has 1 saturated heterocycles. The monoisotopic (exact) mass is 529 g/mol. The van der Waals surface area contributed by atoms with Crippen molar-refractivity contribution in [1.82, 2.24) is 0 Å². The van der Waals surface area contributed by atoms with Crippen molar-refractivity contribution >= 4 is 17.3 Å². The van der Waals surface area contributed by atoms with E-state index in [1.54, 1.807) is 6.92 Å². The number of hydrogen-bond donors (Lipinski definition) is 7. The Hall–Kier alpha value is -3.39. The lowest BCUT2D eigenvalue weighted by Gasteiger charge is -2.42. The van der Waals surface area contributed by atoms with E-state index >= 15 is 0 Å². The van der Waals surface area contributed by atoms with Gasteiger partial charge in [0.05, 0.1) is 35.0 Å². The summed E-state index contributed by atoms with van der Waals surface area (Å²) in [6.45, 7) is 0.530. The molecule has 8 N–H and O–H groups in total. The minimum atomic E-state index is -2.26. The molecule has 12 heteroatoms. The van der Waals surface area contributed by atoms with E-state index in [-0.39, 0.29) is 28.7 Å². The molecule has 0 aromatic heterocycles. The predicted octanol–water partition coefficient (Wildman–Crippen LogP) is -0.302. The van der Waals surface area contributed by atoms with Crippen molar-refractivity contribution in [2.45, 2.75) is 62.4 Å². The number of phenolic OH excluding ortho intramolecular Hbond substituents is 3. The smallest absolute Gasteiger partial charge is 0.202 e. The quantitative estimate of drug-likeness (QED) is 0.217. The maximum atomic E-state index is 13.4. The first-order valence-corrected chi connectivity index (χ1v) is 12.0. The Labute approximate surface area is 215 Å². The van der Waals surface area contributed by atoms with Gasteiger partial charge in [0.25, 0.3) is 0 Å². The molecule has 2 aromatic rings. The zero-order valence-corrected chi connectivity index (χ0v) is 20.2. The van der Waals surface area contributed by atoms with Gasteiger partial charge >= 0.3 is 0 Å². The molecule has 2 aromatic carbocycles. The summed E-state index contributed by atoms with van der Waals surface area (Å²) in [7, 11) is 0. The largest absolute Gasteiger partial charge is 0.507 e. The van der Waals surface area contributed by atoms with Gasteiger partial charge < -0.3 is 45.8 Å². The Morgan fingerprint density at radius 3 is 2.47 bits per heavy atom. The van der Waals surface area contributed by atoms with Gasteiger partial charge in [0.15, 0.2) is 17.9 Å². The number of phenols is 3. The molecule has 38 heavy (non-hydrogen) atoms. The first-order valence-electron chi connectivity index (χ1n) is 12.0. The topological polar surface area (TPSA) is 217 Å². The second kappa shape index (κ2) is 9.12. The first-order chi connectivity index (χ1) is 17.9. The van der Waals surface area contributed by atoms with Gasteiger partial charge in [-0.05, 0) is 13.0 Å². The number of aromatic hydroxyl groups is 3. The fraction of sp³-hybridized carbons (Fsp3) is 0.423. The molecule has 0 saturated carbocycles. The van der Waals surface area contributed by atoms with E-state index in [4.69, 9.17) is 15.2 Å². The van der Waals surface area contributed by atoms with Crippen LogP contribution in [0.15, 0.2) is 18.2 Å². The van der Waals surface area contributed by atoms with Crippen LogP contribution in [-0.2, 0) is 20.7 Å². The second-order valence-corrected chi connectivity index (χ2v) is 9.98. The molecule has 0 bridgehead atoms. The maximum absolute atomic E-state index is 13.4. The summed E-state index contributed by atoms with van der Waals surface area (Å²) in [4.78, 5) is 39.3. The molecule has 0 spiro atoms. The van der Waals surface area contributed by atoms with E-state index in [1.807, 2.05) is 0 Å². The number of nitrogens with two attached hydrogens (primary N) is 1. The van der Waals surface area contributed by atoms with Gasteiger partial charge in [0, 0.05) is 42.0 Å². The van der Waals surface area contributed by atoms with Crippen molar-refractivity contribution in [3.8, 4) is 17.2 Å². The molecular weight excluding hydrogens is 502 g/mol. The molecule has 0 radical (unpaired) electrons. The second-order valence-electron chi connectivity index (χ2n) is 9.98. The predicted molar refractivity (Wildman–Crippen MR) is 127 cm³/mol. The van der Waals surface area contributed by atoms with Gasteiger partial charge in [-0.2, -0.15) is 0 Å². The van der Waals surface area contributed by atoms with Gasteiger partial charge in [-0.15, -0.1) is 0 Å². The molecule has 2 aliphatic carbocycles. The lowest BCUT2D eigenvalue weighted by molar-refractivity contribution is -0.247. The summed E-state index contributed by atoms with van der Waals surface area (Å²) in [5.41, 5.74) is 1.70. The number of rotatable bonds is 4. The SMILES string of the molecule is CC1OC(O[C@@H]2C[C@@](O)(C(=O)CO)Cc3c(O)c4c(c(O)c32)C(=O)c2c(O)cccc2C4=O)CC(N)C1O. The number of aliphatic hydroxyl groups excluding tert-OH is 2. The number of carbonyl (C=O) groups excluding carboxylic acids is 3. The molecule has 3 aliphatic rings. The van der Waals surface area contributed by atoms with E-state index < -0.39 is 101 Å². The van der Waals surface area contributed by atoms with Crippen molar-refractivity contribution in [1.29, 1.82) is 0 Å². The number of ether oxygens (including phenoxy) is 2. The summed E-state index contributed by atoms with van der Waals surface area (Å²) in [5, 5.41) is 63.7. The average Bonchev–Trinajstić information content (AvgIpc) is 2.86. The number of ketones is 3. The molecule has 6 atom stereocenters. The lowest BCUT2D eigenvalue weighted by Crippen LogP contribution is -2.53. The summed E-state index contributed by atoms with van der Waals surface area (Å²) < 4.78 is 11.7. The molecule has 4 unspecified atom stereocenters. The Morgan fingerprint density at radius 1 is 1.13 bits per heavy atom. The Balaban J connectivity index is 1.68.